The number of nitrogens with one attached hydrogen (secondary N) is 1. The lowest BCUT2D eigenvalue weighted by Gasteiger charge is -2.23. The Morgan fingerprint density at radius 1 is 1.19 bits per heavy atom. The number of anilines is 1. The van der Waals surface area contributed by atoms with Gasteiger partial charge in [0.05, 0.1) is 32.5 Å². The van der Waals surface area contributed by atoms with E-state index in [1.54, 1.807) is 18.9 Å². The molecule has 2 fully saturated rings. The van der Waals surface area contributed by atoms with E-state index < -0.39 is 5.79 Å². The molecule has 2 unspecified atom stereocenters. The minimum absolute atomic E-state index is 0.0521. The predicted octanol–water partition coefficient (Wildman–Crippen LogP) is 3.19. The molecular formula is C25H34N6O5S. The van der Waals surface area contributed by atoms with Gasteiger partial charge in [-0.3, -0.25) is 0 Å². The van der Waals surface area contributed by atoms with Crippen LogP contribution in [-0.2, 0) is 20.8 Å². The van der Waals surface area contributed by atoms with Gasteiger partial charge in [0.2, 0.25) is 0 Å². The van der Waals surface area contributed by atoms with Gasteiger partial charge in [-0.05, 0) is 38.0 Å². The predicted molar refractivity (Wildman–Crippen MR) is 139 cm³/mol. The zero-order chi connectivity index (χ0) is 26.0. The van der Waals surface area contributed by atoms with Crippen LogP contribution in [-0.4, -0.2) is 80.2 Å². The van der Waals surface area contributed by atoms with Crippen molar-refractivity contribution in [2.45, 2.75) is 75.5 Å². The normalized spacial score (nSPS) is 24.5. The number of methoxy groups -OCH3 is 1. The first-order valence-corrected chi connectivity index (χ1v) is 13.6. The Morgan fingerprint density at radius 3 is 2.70 bits per heavy atom. The quantitative estimate of drug-likeness (QED) is 0.280. The number of aliphatic hydroxyl groups is 1. The number of aromatic nitrogens is 5. The van der Waals surface area contributed by atoms with Crippen LogP contribution < -0.4 is 10.1 Å². The van der Waals surface area contributed by atoms with Gasteiger partial charge in [0.15, 0.2) is 27.9 Å². The first-order valence-electron chi connectivity index (χ1n) is 12.6. The van der Waals surface area contributed by atoms with Gasteiger partial charge in [-0.25, -0.2) is 14.6 Å². The standard InChI is InChI=1S/C25H34N6O5S/c1-5-12-37-24-27-22(26-14-15-6-8-16(33-4)9-7-15)19-23(28-24)31(30-29-19)17-13-18(34-11-10-32)21-20(17)35-25(2,3)36-21/h6-9,17-18,20-21,32H,5,10-14H2,1-4H3,(H,26,27,28)/t17-,18-,20?,21?/m1/s1. The van der Waals surface area contributed by atoms with Crippen LogP contribution in [0, 0.1) is 0 Å². The third-order valence-electron chi connectivity index (χ3n) is 6.48. The molecule has 0 bridgehead atoms. The maximum atomic E-state index is 9.29. The summed E-state index contributed by atoms with van der Waals surface area (Å²) in [6.07, 6.45) is 0.844. The van der Waals surface area contributed by atoms with Gasteiger partial charge in [-0.1, -0.05) is 36.0 Å². The van der Waals surface area contributed by atoms with Crippen molar-refractivity contribution in [1.29, 1.82) is 0 Å². The molecule has 3 heterocycles. The fraction of sp³-hybridized carbons (Fsp3) is 0.600. The van der Waals surface area contributed by atoms with Crippen LogP contribution in [0.25, 0.3) is 11.2 Å². The molecule has 4 atom stereocenters. The summed E-state index contributed by atoms with van der Waals surface area (Å²) < 4.78 is 25.5. The zero-order valence-corrected chi connectivity index (χ0v) is 22.4. The average Bonchev–Trinajstić information content (AvgIpc) is 3.55. The summed E-state index contributed by atoms with van der Waals surface area (Å²) >= 11 is 1.61. The maximum absolute atomic E-state index is 9.29. The van der Waals surface area contributed by atoms with Crippen molar-refractivity contribution in [2.24, 2.45) is 0 Å². The molecular weight excluding hydrogens is 496 g/mol. The second kappa shape index (κ2) is 11.1. The second-order valence-electron chi connectivity index (χ2n) is 9.61. The van der Waals surface area contributed by atoms with E-state index in [1.165, 1.54) is 0 Å². The molecule has 12 heteroatoms. The highest BCUT2D eigenvalue weighted by atomic mass is 32.2. The van der Waals surface area contributed by atoms with E-state index in [9.17, 15) is 5.11 Å². The molecule has 2 N–H and O–H groups in total. The number of hydrogen-bond acceptors (Lipinski definition) is 11. The molecule has 1 aliphatic carbocycles. The van der Waals surface area contributed by atoms with Gasteiger partial charge in [-0.15, -0.1) is 5.10 Å². The summed E-state index contributed by atoms with van der Waals surface area (Å²) in [6, 6.07) is 7.70. The summed E-state index contributed by atoms with van der Waals surface area (Å²) in [5, 5.41) is 22.4. The van der Waals surface area contributed by atoms with Crippen molar-refractivity contribution >= 4 is 28.7 Å². The fourth-order valence-electron chi connectivity index (χ4n) is 4.86. The molecule has 1 aliphatic heterocycles. The molecule has 200 valence electrons. The number of rotatable bonds is 11. The Morgan fingerprint density at radius 2 is 1.97 bits per heavy atom. The molecule has 37 heavy (non-hydrogen) atoms. The van der Waals surface area contributed by atoms with Crippen LogP contribution in [0.15, 0.2) is 29.4 Å². The number of aliphatic hydroxyl groups excluding tert-OH is 1. The Bertz CT molecular complexity index is 1210. The Kier molecular flexibility index (Phi) is 7.82. The second-order valence-corrected chi connectivity index (χ2v) is 10.7. The van der Waals surface area contributed by atoms with Crippen molar-refractivity contribution in [3.8, 4) is 5.75 Å². The van der Waals surface area contributed by atoms with Gasteiger partial charge in [0, 0.05) is 18.7 Å². The minimum atomic E-state index is -0.743. The van der Waals surface area contributed by atoms with E-state index in [0.29, 0.717) is 35.1 Å². The van der Waals surface area contributed by atoms with Gasteiger partial charge < -0.3 is 29.4 Å². The lowest BCUT2D eigenvalue weighted by Crippen LogP contribution is -2.31. The van der Waals surface area contributed by atoms with E-state index >= 15 is 0 Å². The number of benzene rings is 1. The number of fused-ring (bicyclic) bond motifs is 2. The van der Waals surface area contributed by atoms with Gasteiger partial charge in [0.1, 0.15) is 18.0 Å². The average molecular weight is 531 g/mol. The molecule has 2 aromatic heterocycles. The molecule has 1 saturated carbocycles. The minimum Gasteiger partial charge on any atom is -0.497 e. The van der Waals surface area contributed by atoms with Crippen molar-refractivity contribution in [3.63, 3.8) is 0 Å². The van der Waals surface area contributed by atoms with Gasteiger partial charge in [-0.2, -0.15) is 0 Å². The summed E-state index contributed by atoms with van der Waals surface area (Å²) in [4.78, 5) is 9.61. The number of ether oxygens (including phenoxy) is 4. The van der Waals surface area contributed by atoms with Crippen LogP contribution >= 0.6 is 11.8 Å². The topological polar surface area (TPSA) is 126 Å². The monoisotopic (exact) mass is 530 g/mol. The van der Waals surface area contributed by atoms with Gasteiger partial charge >= 0.3 is 0 Å². The lowest BCUT2D eigenvalue weighted by atomic mass is 10.2. The summed E-state index contributed by atoms with van der Waals surface area (Å²) in [7, 11) is 1.65. The number of nitrogens with zero attached hydrogens (tertiary/aromatic N) is 5. The fourth-order valence-corrected chi connectivity index (χ4v) is 5.55. The Balaban J connectivity index is 1.46. The molecule has 0 amide bonds. The molecule has 3 aromatic rings. The Hall–Kier alpha value is -2.51. The molecule has 0 spiro atoms. The van der Waals surface area contributed by atoms with E-state index in [0.717, 1.165) is 23.5 Å². The van der Waals surface area contributed by atoms with Crippen LogP contribution in [0.1, 0.15) is 45.2 Å². The SMILES string of the molecule is CCCSc1nc(NCc2ccc(OC)cc2)c2nnn([C@@H]3C[C@@H](OCCO)C4OC(C)(C)OC43)c2n1. The van der Waals surface area contributed by atoms with E-state index in [1.807, 2.05) is 42.8 Å². The molecule has 2 aliphatic rings. The van der Waals surface area contributed by atoms with Crippen LogP contribution in [0.3, 0.4) is 0 Å². The zero-order valence-electron chi connectivity index (χ0n) is 21.6. The molecule has 11 nitrogen and oxygen atoms in total. The highest BCUT2D eigenvalue weighted by Crippen LogP contribution is 2.45. The highest BCUT2D eigenvalue weighted by molar-refractivity contribution is 7.99. The summed E-state index contributed by atoms with van der Waals surface area (Å²) in [5.74, 6) is 1.61. The Labute approximate surface area is 220 Å². The van der Waals surface area contributed by atoms with E-state index in [4.69, 9.17) is 28.9 Å². The first kappa shape index (κ1) is 26.1. The van der Waals surface area contributed by atoms with Crippen molar-refractivity contribution < 1.29 is 24.1 Å². The molecule has 5 rings (SSSR count). The maximum Gasteiger partial charge on any atom is 0.191 e. The van der Waals surface area contributed by atoms with Crippen LogP contribution in [0.5, 0.6) is 5.75 Å². The number of hydrogen-bond donors (Lipinski definition) is 2. The smallest absolute Gasteiger partial charge is 0.191 e. The molecule has 1 saturated heterocycles. The van der Waals surface area contributed by atoms with Crippen molar-refractivity contribution in [1.82, 2.24) is 25.0 Å². The van der Waals surface area contributed by atoms with Crippen molar-refractivity contribution in [3.05, 3.63) is 29.8 Å². The first-order chi connectivity index (χ1) is 17.9. The van der Waals surface area contributed by atoms with Crippen LogP contribution in [0.2, 0.25) is 0 Å². The van der Waals surface area contributed by atoms with Crippen molar-refractivity contribution in [2.75, 3.05) is 31.4 Å². The summed E-state index contributed by atoms with van der Waals surface area (Å²) in [5.41, 5.74) is 2.33. The highest BCUT2D eigenvalue weighted by Gasteiger charge is 2.56. The van der Waals surface area contributed by atoms with E-state index in [-0.39, 0.29) is 37.6 Å². The molecule has 0 radical (unpaired) electrons. The summed E-state index contributed by atoms with van der Waals surface area (Å²) in [6.45, 7) is 6.68. The lowest BCUT2D eigenvalue weighted by molar-refractivity contribution is -0.171. The van der Waals surface area contributed by atoms with Gasteiger partial charge in [0.25, 0.3) is 0 Å². The largest absolute Gasteiger partial charge is 0.497 e. The third kappa shape index (κ3) is 5.53. The number of thioether (sulfide) groups is 1. The third-order valence-corrected chi connectivity index (χ3v) is 7.53. The van der Waals surface area contributed by atoms with E-state index in [2.05, 4.69) is 22.6 Å². The molecule has 1 aromatic carbocycles. The van der Waals surface area contributed by atoms with Crippen LogP contribution in [0.4, 0.5) is 5.82 Å².